The normalized spacial score (nSPS) is 13.3. The number of nitrogens with two attached hydrogens (primary N) is 1. The molecule has 3 N–H and O–H groups in total. The first-order valence-electron chi connectivity index (χ1n) is 10.2. The summed E-state index contributed by atoms with van der Waals surface area (Å²) in [5.74, 6) is -3.13. The molecule has 4 rings (SSSR count). The Morgan fingerprint density at radius 1 is 0.882 bits per heavy atom. The quantitative estimate of drug-likeness (QED) is 0.432. The standard InChI is InChI=1S/C25H19N3O6/c1-14(29)27-17-8-10-18(11-9-17)28-23(31)19-12-7-16(13-20(19)24(28)32)25(33)34-21(22(26)30)15-5-3-2-4-6-15/h2-13,21H,1H3,(H2,26,30)(H,27,29). The van der Waals surface area contributed by atoms with E-state index in [1.807, 2.05) is 0 Å². The summed E-state index contributed by atoms with van der Waals surface area (Å²) in [5, 5.41) is 2.61. The molecule has 1 unspecified atom stereocenters. The summed E-state index contributed by atoms with van der Waals surface area (Å²) in [6.45, 7) is 1.37. The first-order valence-corrected chi connectivity index (χ1v) is 10.2. The Kier molecular flexibility index (Phi) is 5.92. The molecule has 0 aliphatic carbocycles. The molecule has 1 aliphatic heterocycles. The number of fused-ring (bicyclic) bond motifs is 1. The van der Waals surface area contributed by atoms with Crippen molar-refractivity contribution in [2.75, 3.05) is 10.2 Å². The first kappa shape index (κ1) is 22.4. The van der Waals surface area contributed by atoms with Crippen LogP contribution in [-0.4, -0.2) is 29.6 Å². The van der Waals surface area contributed by atoms with Crippen LogP contribution in [0.3, 0.4) is 0 Å². The van der Waals surface area contributed by atoms with Crippen molar-refractivity contribution in [1.82, 2.24) is 0 Å². The van der Waals surface area contributed by atoms with Gasteiger partial charge >= 0.3 is 5.97 Å². The average Bonchev–Trinajstić information content (AvgIpc) is 3.07. The molecule has 34 heavy (non-hydrogen) atoms. The van der Waals surface area contributed by atoms with E-state index in [1.54, 1.807) is 42.5 Å². The molecule has 0 radical (unpaired) electrons. The molecule has 0 bridgehead atoms. The van der Waals surface area contributed by atoms with Gasteiger partial charge in [0.25, 0.3) is 17.7 Å². The molecule has 1 atom stereocenters. The first-order chi connectivity index (χ1) is 16.3. The highest BCUT2D eigenvalue weighted by Gasteiger charge is 2.37. The van der Waals surface area contributed by atoms with Crippen molar-refractivity contribution in [1.29, 1.82) is 0 Å². The van der Waals surface area contributed by atoms with Crippen molar-refractivity contribution in [2.24, 2.45) is 5.73 Å². The Morgan fingerprint density at radius 2 is 1.53 bits per heavy atom. The highest BCUT2D eigenvalue weighted by Crippen LogP contribution is 2.30. The predicted molar refractivity (Wildman–Crippen MR) is 122 cm³/mol. The maximum Gasteiger partial charge on any atom is 0.339 e. The fourth-order valence-electron chi connectivity index (χ4n) is 3.59. The van der Waals surface area contributed by atoms with Gasteiger partial charge in [-0.2, -0.15) is 0 Å². The number of ether oxygens (including phenoxy) is 1. The molecular weight excluding hydrogens is 438 g/mol. The van der Waals surface area contributed by atoms with Crippen LogP contribution in [0, 0.1) is 0 Å². The number of carbonyl (C=O) groups excluding carboxylic acids is 5. The highest BCUT2D eigenvalue weighted by molar-refractivity contribution is 6.34. The summed E-state index contributed by atoms with van der Waals surface area (Å²) in [5.41, 5.74) is 6.78. The van der Waals surface area contributed by atoms with Crippen LogP contribution < -0.4 is 16.0 Å². The molecular formula is C25H19N3O6. The number of nitrogens with zero attached hydrogens (tertiary/aromatic N) is 1. The summed E-state index contributed by atoms with van der Waals surface area (Å²) in [6, 6.07) is 18.4. The summed E-state index contributed by atoms with van der Waals surface area (Å²) in [4.78, 5) is 62.6. The third-order valence-corrected chi connectivity index (χ3v) is 5.15. The molecule has 3 aromatic rings. The number of hydrogen-bond acceptors (Lipinski definition) is 6. The summed E-state index contributed by atoms with van der Waals surface area (Å²) in [6.07, 6.45) is -1.31. The second kappa shape index (κ2) is 8.99. The van der Waals surface area contributed by atoms with Crippen molar-refractivity contribution >= 4 is 41.0 Å². The Bertz CT molecular complexity index is 1320. The van der Waals surface area contributed by atoms with E-state index < -0.39 is 29.8 Å². The molecule has 9 heteroatoms. The van der Waals surface area contributed by atoms with Crippen molar-refractivity contribution in [2.45, 2.75) is 13.0 Å². The molecule has 0 saturated carbocycles. The van der Waals surface area contributed by atoms with Gasteiger partial charge < -0.3 is 15.8 Å². The van der Waals surface area contributed by atoms with Crippen LogP contribution in [0.25, 0.3) is 0 Å². The van der Waals surface area contributed by atoms with E-state index in [0.717, 1.165) is 4.90 Å². The average molecular weight is 457 g/mol. The lowest BCUT2D eigenvalue weighted by Crippen LogP contribution is -2.29. The van der Waals surface area contributed by atoms with E-state index in [0.29, 0.717) is 16.9 Å². The zero-order chi connectivity index (χ0) is 24.4. The number of anilines is 2. The Balaban J connectivity index is 1.58. The molecule has 4 amide bonds. The maximum atomic E-state index is 13.0. The van der Waals surface area contributed by atoms with Crippen LogP contribution in [0.15, 0.2) is 72.8 Å². The minimum Gasteiger partial charge on any atom is -0.444 e. The summed E-state index contributed by atoms with van der Waals surface area (Å²) >= 11 is 0. The van der Waals surface area contributed by atoms with Gasteiger partial charge in [-0.05, 0) is 42.5 Å². The third kappa shape index (κ3) is 4.26. The SMILES string of the molecule is CC(=O)Nc1ccc(N2C(=O)c3ccc(C(=O)OC(C(N)=O)c4ccccc4)cc3C2=O)cc1. The second-order valence-corrected chi connectivity index (χ2v) is 7.53. The predicted octanol–water partition coefficient (Wildman–Crippen LogP) is 2.83. The van der Waals surface area contributed by atoms with Crippen LogP contribution in [0.1, 0.15) is 49.7 Å². The van der Waals surface area contributed by atoms with Gasteiger partial charge in [0.15, 0.2) is 0 Å². The lowest BCUT2D eigenvalue weighted by molar-refractivity contribution is -0.127. The molecule has 1 aliphatic rings. The smallest absolute Gasteiger partial charge is 0.339 e. The number of esters is 1. The molecule has 0 saturated heterocycles. The van der Waals surface area contributed by atoms with Crippen LogP contribution >= 0.6 is 0 Å². The molecule has 0 fully saturated rings. The van der Waals surface area contributed by atoms with Crippen molar-refractivity contribution in [3.05, 3.63) is 95.1 Å². The van der Waals surface area contributed by atoms with E-state index in [-0.39, 0.29) is 22.6 Å². The van der Waals surface area contributed by atoms with E-state index >= 15 is 0 Å². The molecule has 1 heterocycles. The number of nitrogens with one attached hydrogen (secondary N) is 1. The van der Waals surface area contributed by atoms with Crippen LogP contribution in [0.5, 0.6) is 0 Å². The van der Waals surface area contributed by atoms with Crippen molar-refractivity contribution in [3.8, 4) is 0 Å². The van der Waals surface area contributed by atoms with Crippen LogP contribution in [-0.2, 0) is 14.3 Å². The van der Waals surface area contributed by atoms with Crippen LogP contribution in [0.4, 0.5) is 11.4 Å². The third-order valence-electron chi connectivity index (χ3n) is 5.15. The minimum absolute atomic E-state index is 0.00932. The Morgan fingerprint density at radius 3 is 2.15 bits per heavy atom. The van der Waals surface area contributed by atoms with Gasteiger partial charge in [-0.1, -0.05) is 30.3 Å². The zero-order valence-corrected chi connectivity index (χ0v) is 18.0. The Labute approximate surface area is 194 Å². The number of hydrogen-bond donors (Lipinski definition) is 2. The summed E-state index contributed by atoms with van der Waals surface area (Å²) in [7, 11) is 0. The largest absolute Gasteiger partial charge is 0.444 e. The van der Waals surface area contributed by atoms with Gasteiger partial charge in [-0.25, -0.2) is 9.69 Å². The van der Waals surface area contributed by atoms with Gasteiger partial charge in [0.2, 0.25) is 12.0 Å². The van der Waals surface area contributed by atoms with Gasteiger partial charge in [0.05, 0.1) is 22.4 Å². The zero-order valence-electron chi connectivity index (χ0n) is 18.0. The number of rotatable bonds is 6. The number of imide groups is 1. The van der Waals surface area contributed by atoms with E-state index in [4.69, 9.17) is 10.5 Å². The lowest BCUT2D eigenvalue weighted by Gasteiger charge is -2.15. The number of primary amides is 1. The number of amides is 4. The van der Waals surface area contributed by atoms with E-state index in [2.05, 4.69) is 5.32 Å². The highest BCUT2D eigenvalue weighted by atomic mass is 16.5. The van der Waals surface area contributed by atoms with E-state index in [9.17, 15) is 24.0 Å². The summed E-state index contributed by atoms with van der Waals surface area (Å²) < 4.78 is 5.30. The van der Waals surface area contributed by atoms with Crippen molar-refractivity contribution < 1.29 is 28.7 Å². The molecule has 3 aromatic carbocycles. The maximum absolute atomic E-state index is 13.0. The fraction of sp³-hybridized carbons (Fsp3) is 0.0800. The second-order valence-electron chi connectivity index (χ2n) is 7.53. The molecule has 170 valence electrons. The van der Waals surface area contributed by atoms with Crippen molar-refractivity contribution in [3.63, 3.8) is 0 Å². The minimum atomic E-state index is -1.31. The number of carbonyl (C=O) groups is 5. The number of benzene rings is 3. The molecule has 9 nitrogen and oxygen atoms in total. The molecule has 0 aromatic heterocycles. The van der Waals surface area contributed by atoms with Gasteiger partial charge in [0.1, 0.15) is 0 Å². The van der Waals surface area contributed by atoms with E-state index in [1.165, 1.54) is 37.3 Å². The molecule has 0 spiro atoms. The Hall–Kier alpha value is -4.79. The topological polar surface area (TPSA) is 136 Å². The van der Waals surface area contributed by atoms with Gasteiger partial charge in [-0.15, -0.1) is 0 Å². The van der Waals surface area contributed by atoms with Gasteiger partial charge in [0, 0.05) is 18.2 Å². The fourth-order valence-corrected chi connectivity index (χ4v) is 3.59. The van der Waals surface area contributed by atoms with Gasteiger partial charge in [-0.3, -0.25) is 19.2 Å². The lowest BCUT2D eigenvalue weighted by atomic mass is 10.1. The monoisotopic (exact) mass is 457 g/mol. The van der Waals surface area contributed by atoms with Crippen LogP contribution in [0.2, 0.25) is 0 Å².